The second-order valence-electron chi connectivity index (χ2n) is 29.2. The summed E-state index contributed by atoms with van der Waals surface area (Å²) in [4.78, 5) is 50.9. The molecule has 0 radical (unpaired) electrons. The van der Waals surface area contributed by atoms with Gasteiger partial charge in [0.05, 0.1) is 43.4 Å². The van der Waals surface area contributed by atoms with Gasteiger partial charge < -0.3 is 35.0 Å². The van der Waals surface area contributed by atoms with E-state index >= 15 is 8.78 Å². The van der Waals surface area contributed by atoms with Crippen LogP contribution >= 0.6 is 0 Å². The van der Waals surface area contributed by atoms with Crippen molar-refractivity contribution in [3.63, 3.8) is 0 Å². The van der Waals surface area contributed by atoms with Gasteiger partial charge in [-0.15, -0.1) is 0 Å². The number of aliphatic hydroxyl groups is 4. The van der Waals surface area contributed by atoms with Crippen molar-refractivity contribution in [3.05, 3.63) is 47.6 Å². The van der Waals surface area contributed by atoms with Crippen molar-refractivity contribution < 1.29 is 57.2 Å². The average molecular weight is 1150 g/mol. The first-order valence-corrected chi connectivity index (χ1v) is 35.2. The second-order valence-corrected chi connectivity index (χ2v) is 38.8. The molecule has 2 amide bonds. The summed E-state index contributed by atoms with van der Waals surface area (Å²) >= 11 is 0. The number of nitrogens with zero attached hydrogens (tertiary/aromatic N) is 2. The first-order chi connectivity index (χ1) is 36.6. The molecule has 6 saturated carbocycles. The summed E-state index contributed by atoms with van der Waals surface area (Å²) in [5.41, 5.74) is 1.40. The number of amides is 2. The molecule has 0 unspecified atom stereocenters. The molecule has 0 aromatic carbocycles. The minimum atomic E-state index is -2.24. The number of Topliss-reactive ketones (excluding diaryl/α,β-unsaturated/α-hetero) is 2. The lowest BCUT2D eigenvalue weighted by Gasteiger charge is -2.62. The quantitative estimate of drug-likeness (QED) is 0.0718. The second kappa shape index (κ2) is 21.3. The van der Waals surface area contributed by atoms with Gasteiger partial charge in [-0.2, -0.15) is 10.2 Å². The van der Waals surface area contributed by atoms with E-state index in [-0.39, 0.29) is 77.9 Å². The van der Waals surface area contributed by atoms with E-state index in [4.69, 9.17) is 14.6 Å². The predicted molar refractivity (Wildman–Crippen MR) is 313 cm³/mol. The third kappa shape index (κ3) is 9.65. The van der Waals surface area contributed by atoms with E-state index in [2.05, 4.69) is 88.8 Å². The lowest BCUT2D eigenvalue weighted by Crippen LogP contribution is -2.69. The number of halogens is 2. The summed E-state index contributed by atoms with van der Waals surface area (Å²) in [5.74, 6) is -3.78. The van der Waals surface area contributed by atoms with Gasteiger partial charge in [0.25, 0.3) is 5.91 Å². The van der Waals surface area contributed by atoms with Crippen LogP contribution in [0.2, 0.25) is 36.3 Å². The van der Waals surface area contributed by atoms with E-state index in [0.29, 0.717) is 56.4 Å². The number of hydrogen-bond donors (Lipinski definition) is 7. The van der Waals surface area contributed by atoms with E-state index in [1.807, 2.05) is 47.6 Å². The van der Waals surface area contributed by atoms with Crippen LogP contribution in [0.15, 0.2) is 57.8 Å². The molecule has 19 heteroatoms. The molecule has 8 aliphatic carbocycles. The number of fused-ring (bicyclic) bond motifs is 10. The van der Waals surface area contributed by atoms with E-state index < -0.39 is 96.7 Å². The molecule has 8 rings (SSSR count). The summed E-state index contributed by atoms with van der Waals surface area (Å²) in [6.07, 6.45) is 11.2. The normalized spacial score (nSPS) is 42.1. The van der Waals surface area contributed by atoms with Crippen molar-refractivity contribution in [1.82, 2.24) is 10.9 Å². The van der Waals surface area contributed by atoms with Crippen molar-refractivity contribution >= 4 is 51.4 Å². The van der Waals surface area contributed by atoms with E-state index in [9.17, 15) is 39.6 Å². The van der Waals surface area contributed by atoms with Crippen LogP contribution in [0.5, 0.6) is 0 Å². The maximum Gasteiger partial charge on any atom is 0.253 e. The SMILES string of the molecule is CCC(=O)N/N=C1\C=C[C@@]2(C)C(=C1)CC[C@H]1[C@@H]3C[C@@H](C)[C@](O)(C(=O)CO[Si](C)(C)C(C)(C)C)[C@@]3(C)C[C@H](O)[C@@]12F.C[C@@H]1C[C@H]2[C@@H]3CCC4=C/C(=N/NC(=O)CN)C=C[C@]4(C)[C@@]3(F)[C@@H](O)C[C@]2(C)[C@@]1(O)C(=O)CO[Si](C)(C)C(C)(C)C. The molecule has 0 heterocycles. The smallest absolute Gasteiger partial charge is 0.253 e. The van der Waals surface area contributed by atoms with Crippen LogP contribution in [0.4, 0.5) is 8.78 Å². The fourth-order valence-corrected chi connectivity index (χ4v) is 17.8. The molecule has 0 aromatic heterocycles. The number of aliphatic hydroxyl groups excluding tert-OH is 2. The fraction of sp³-hybridized carbons (Fsp3) is 0.770. The zero-order valence-electron chi connectivity index (χ0n) is 51.0. The minimum absolute atomic E-state index is 0.0123. The van der Waals surface area contributed by atoms with Crippen LogP contribution in [0.1, 0.15) is 148 Å². The maximum atomic E-state index is 17.6. The Labute approximate surface area is 476 Å². The number of rotatable bonds is 12. The van der Waals surface area contributed by atoms with Crippen molar-refractivity contribution in [3.8, 4) is 0 Å². The number of nitrogens with one attached hydrogen (secondary N) is 2. The molecule has 6 fully saturated rings. The number of hydrazone groups is 2. The molecule has 0 saturated heterocycles. The van der Waals surface area contributed by atoms with Crippen LogP contribution in [-0.4, -0.2) is 126 Å². The summed E-state index contributed by atoms with van der Waals surface area (Å²) in [6.45, 7) is 33.2. The minimum Gasteiger partial charge on any atom is -0.409 e. The van der Waals surface area contributed by atoms with Gasteiger partial charge in [0.2, 0.25) is 5.91 Å². The van der Waals surface area contributed by atoms with Gasteiger partial charge in [-0.3, -0.25) is 19.2 Å². The molecular weight excluding hydrogens is 1060 g/mol. The van der Waals surface area contributed by atoms with Gasteiger partial charge in [0.15, 0.2) is 39.5 Å². The Morgan fingerprint density at radius 1 is 0.662 bits per heavy atom. The third-order valence-electron chi connectivity index (χ3n) is 23.2. The van der Waals surface area contributed by atoms with Gasteiger partial charge >= 0.3 is 0 Å². The van der Waals surface area contributed by atoms with E-state index in [1.165, 1.54) is 0 Å². The van der Waals surface area contributed by atoms with Crippen LogP contribution in [0.3, 0.4) is 0 Å². The summed E-state index contributed by atoms with van der Waals surface area (Å²) in [5, 5.41) is 55.8. The van der Waals surface area contributed by atoms with Gasteiger partial charge in [-0.25, -0.2) is 19.6 Å². The molecule has 8 N–H and O–H groups in total. The van der Waals surface area contributed by atoms with Crippen molar-refractivity contribution in [2.24, 2.45) is 73.1 Å². The van der Waals surface area contributed by atoms with Gasteiger partial charge in [0, 0.05) is 39.9 Å². The molecule has 16 atom stereocenters. The molecule has 0 bridgehead atoms. The summed E-state index contributed by atoms with van der Waals surface area (Å²) in [6, 6.07) is 0. The van der Waals surface area contributed by atoms with Gasteiger partial charge in [-0.1, -0.05) is 99.5 Å². The number of alkyl halides is 2. The molecule has 80 heavy (non-hydrogen) atoms. The molecule has 0 aromatic rings. The number of carbonyl (C=O) groups excluding carboxylic acids is 4. The highest BCUT2D eigenvalue weighted by atomic mass is 28.4. The number of nitrogens with two attached hydrogens (primary N) is 1. The average Bonchev–Trinajstić information content (AvgIpc) is 3.71. The number of allylic oxidation sites excluding steroid dienone is 8. The maximum absolute atomic E-state index is 17.6. The largest absolute Gasteiger partial charge is 0.409 e. The van der Waals surface area contributed by atoms with Gasteiger partial charge in [0.1, 0.15) is 11.2 Å². The number of hydrogen-bond acceptors (Lipinski definition) is 13. The molecule has 0 spiro atoms. The Balaban J connectivity index is 0.000000231. The van der Waals surface area contributed by atoms with Crippen LogP contribution < -0.4 is 16.6 Å². The van der Waals surface area contributed by atoms with Crippen LogP contribution in [0.25, 0.3) is 0 Å². The Morgan fingerprint density at radius 3 is 1.34 bits per heavy atom. The van der Waals surface area contributed by atoms with E-state index in [1.54, 1.807) is 37.3 Å². The topological polar surface area (TPSA) is 242 Å². The molecule has 15 nitrogen and oxygen atoms in total. The van der Waals surface area contributed by atoms with Crippen molar-refractivity contribution in [2.45, 2.75) is 219 Å². The number of carbonyl (C=O) groups is 4. The highest BCUT2D eigenvalue weighted by molar-refractivity contribution is 6.74. The van der Waals surface area contributed by atoms with Crippen LogP contribution in [0, 0.1) is 57.2 Å². The van der Waals surface area contributed by atoms with E-state index in [0.717, 1.165) is 11.1 Å². The zero-order chi connectivity index (χ0) is 60.2. The van der Waals surface area contributed by atoms with Crippen molar-refractivity contribution in [1.29, 1.82) is 0 Å². The summed E-state index contributed by atoms with van der Waals surface area (Å²) < 4.78 is 47.7. The van der Waals surface area contributed by atoms with Gasteiger partial charge in [-0.05, 0) is 149 Å². The fourth-order valence-electron chi connectivity index (χ4n) is 16.0. The Hall–Kier alpha value is -3.41. The highest BCUT2D eigenvalue weighted by Crippen LogP contribution is 2.73. The molecule has 0 aliphatic heterocycles. The Bertz CT molecular complexity index is 2500. The standard InChI is InChI=1S/C31H49FN2O5Si.C30H48FN3O5Si/c1-10-26(37)34-33-21-13-14-28(6)20(16-21)11-12-22-23-15-19(2)31(38,29(23,7)17-24(35)30(22,28)32)25(36)18-39-40(8,9)27(3,4)5;1-18-13-22-21-10-9-19-14-20(33-34-25(37)16-32)11-12-27(19,5)29(21,31)23(35)15-28(22,6)30(18,38)24(36)17-39-40(7,8)26(2,3)4/h13-14,16,19,22-24,35,38H,10-12,15,17-18H2,1-9H3,(H,34,37);11-12,14,18,21-23,35,38H,9-10,13,15-17,32H2,1-8H3,(H,34,37)/b33-21+;33-20+/t19-,22+,23+,24+,28+,29+,30+,31+;18-,21+,22+,23+,27+,28+,29+,30+/m11/s1. The first-order valence-electron chi connectivity index (χ1n) is 29.4. The monoisotopic (exact) mass is 1150 g/mol. The Kier molecular flexibility index (Phi) is 17.1. The summed E-state index contributed by atoms with van der Waals surface area (Å²) in [7, 11) is -4.47. The predicted octanol–water partition coefficient (Wildman–Crippen LogP) is 9.03. The number of ketones is 2. The molecular formula is C61H97F2N5O10Si2. The lowest BCUT2D eigenvalue weighted by atomic mass is 9.44. The zero-order valence-corrected chi connectivity index (χ0v) is 53.0. The Morgan fingerprint density at radius 2 is 1.01 bits per heavy atom. The van der Waals surface area contributed by atoms with Crippen LogP contribution in [-0.2, 0) is 28.0 Å². The molecule has 448 valence electrons. The first kappa shape index (κ1) is 64.2. The van der Waals surface area contributed by atoms with Crippen molar-refractivity contribution in [2.75, 3.05) is 19.8 Å². The molecule has 8 aliphatic rings. The lowest BCUT2D eigenvalue weighted by molar-refractivity contribution is -0.219. The third-order valence-corrected chi connectivity index (χ3v) is 32.1. The highest BCUT2D eigenvalue weighted by Gasteiger charge is 2.77.